The first kappa shape index (κ1) is 16.6. The van der Waals surface area contributed by atoms with Crippen LogP contribution < -0.4 is 11.5 Å². The monoisotopic (exact) mass is 316 g/mol. The maximum Gasteiger partial charge on any atom is 0.276 e. The fourth-order valence-electron chi connectivity index (χ4n) is 2.17. The molecule has 1 heterocycles. The van der Waals surface area contributed by atoms with E-state index >= 15 is 0 Å². The molecule has 0 saturated heterocycles. The molecule has 0 spiro atoms. The molecule has 122 valence electrons. The number of amides is 2. The van der Waals surface area contributed by atoms with Gasteiger partial charge in [-0.2, -0.15) is 0 Å². The van der Waals surface area contributed by atoms with Crippen LogP contribution in [0.4, 0.5) is 0 Å². The highest BCUT2D eigenvalue weighted by Gasteiger charge is 2.18. The Bertz CT molecular complexity index is 655. The van der Waals surface area contributed by atoms with Crippen LogP contribution in [0.15, 0.2) is 36.5 Å². The first-order chi connectivity index (χ1) is 11.1. The molecule has 0 aliphatic rings. The Balaban J connectivity index is 2.02. The topological polar surface area (TPSA) is 120 Å². The first-order valence-electron chi connectivity index (χ1n) is 7.32. The van der Waals surface area contributed by atoms with Crippen molar-refractivity contribution in [3.8, 4) is 0 Å². The highest BCUT2D eigenvalue weighted by molar-refractivity contribution is 5.92. The van der Waals surface area contributed by atoms with Crippen molar-refractivity contribution in [2.75, 3.05) is 19.6 Å². The molecule has 0 saturated carbocycles. The quantitative estimate of drug-likeness (QED) is 0.674. The zero-order chi connectivity index (χ0) is 16.7. The second-order valence-corrected chi connectivity index (χ2v) is 5.08. The number of hydrogen-bond donors (Lipinski definition) is 2. The average molecular weight is 316 g/mol. The van der Waals surface area contributed by atoms with Crippen LogP contribution in [0.2, 0.25) is 0 Å². The number of aromatic nitrogens is 3. The highest BCUT2D eigenvalue weighted by atomic mass is 16.2. The van der Waals surface area contributed by atoms with Gasteiger partial charge >= 0.3 is 0 Å². The van der Waals surface area contributed by atoms with Gasteiger partial charge in [-0.05, 0) is 12.0 Å². The lowest BCUT2D eigenvalue weighted by Crippen LogP contribution is -2.37. The molecule has 1 aromatic carbocycles. The lowest BCUT2D eigenvalue weighted by Gasteiger charge is -2.20. The van der Waals surface area contributed by atoms with Crippen LogP contribution in [0.3, 0.4) is 0 Å². The van der Waals surface area contributed by atoms with E-state index in [1.807, 2.05) is 30.3 Å². The van der Waals surface area contributed by atoms with Gasteiger partial charge in [-0.3, -0.25) is 9.59 Å². The van der Waals surface area contributed by atoms with E-state index in [9.17, 15) is 9.59 Å². The molecule has 8 heteroatoms. The van der Waals surface area contributed by atoms with Crippen LogP contribution in [0, 0.1) is 0 Å². The van der Waals surface area contributed by atoms with Gasteiger partial charge in [-0.1, -0.05) is 35.5 Å². The standard InChI is InChI=1S/C15H20N6O2/c16-7-9-20(8-6-12-4-2-1-3-5-12)15(23)13-10-21(19-18-13)11-14(17)22/h1-5,10H,6-9,11,16H2,(H2,17,22). The second kappa shape index (κ2) is 8.04. The Hall–Kier alpha value is -2.74. The second-order valence-electron chi connectivity index (χ2n) is 5.08. The molecule has 23 heavy (non-hydrogen) atoms. The first-order valence-corrected chi connectivity index (χ1v) is 7.32. The Labute approximate surface area is 134 Å². The molecule has 2 aromatic rings. The van der Waals surface area contributed by atoms with Gasteiger partial charge in [0.05, 0.1) is 6.20 Å². The molecule has 2 rings (SSSR count). The molecule has 0 bridgehead atoms. The number of primary amides is 1. The van der Waals surface area contributed by atoms with Crippen LogP contribution in [0.25, 0.3) is 0 Å². The summed E-state index contributed by atoms with van der Waals surface area (Å²) >= 11 is 0. The predicted molar refractivity (Wildman–Crippen MR) is 84.3 cm³/mol. The Kier molecular flexibility index (Phi) is 5.81. The largest absolute Gasteiger partial charge is 0.368 e. The van der Waals surface area contributed by atoms with Gasteiger partial charge < -0.3 is 16.4 Å². The molecule has 0 radical (unpaired) electrons. The number of carbonyl (C=O) groups is 2. The third kappa shape index (κ3) is 4.89. The van der Waals surface area contributed by atoms with E-state index in [4.69, 9.17) is 11.5 Å². The fourth-order valence-corrected chi connectivity index (χ4v) is 2.17. The predicted octanol–water partition coefficient (Wildman–Crippen LogP) is -0.593. The summed E-state index contributed by atoms with van der Waals surface area (Å²) in [6.45, 7) is 1.20. The van der Waals surface area contributed by atoms with E-state index in [-0.39, 0.29) is 18.1 Å². The van der Waals surface area contributed by atoms with Crippen LogP contribution in [-0.2, 0) is 17.8 Å². The zero-order valence-electron chi connectivity index (χ0n) is 12.8. The van der Waals surface area contributed by atoms with Gasteiger partial charge in [0.25, 0.3) is 5.91 Å². The third-order valence-electron chi connectivity index (χ3n) is 3.28. The molecule has 0 aliphatic heterocycles. The number of nitrogens with two attached hydrogens (primary N) is 2. The van der Waals surface area contributed by atoms with Gasteiger partial charge in [-0.25, -0.2) is 4.68 Å². The summed E-state index contributed by atoms with van der Waals surface area (Å²) in [7, 11) is 0. The molecule has 8 nitrogen and oxygen atoms in total. The average Bonchev–Trinajstić information content (AvgIpc) is 2.99. The Morgan fingerprint density at radius 3 is 2.57 bits per heavy atom. The summed E-state index contributed by atoms with van der Waals surface area (Å²) in [5, 5.41) is 7.53. The van der Waals surface area contributed by atoms with E-state index < -0.39 is 5.91 Å². The van der Waals surface area contributed by atoms with Gasteiger partial charge in [0.1, 0.15) is 6.54 Å². The highest BCUT2D eigenvalue weighted by Crippen LogP contribution is 2.05. The number of hydrogen-bond acceptors (Lipinski definition) is 5. The summed E-state index contributed by atoms with van der Waals surface area (Å²) in [4.78, 5) is 25.0. The summed E-state index contributed by atoms with van der Waals surface area (Å²) in [5.74, 6) is -0.807. The molecular formula is C15H20N6O2. The lowest BCUT2D eigenvalue weighted by molar-refractivity contribution is -0.118. The van der Waals surface area contributed by atoms with Crippen molar-refractivity contribution in [1.82, 2.24) is 19.9 Å². The minimum absolute atomic E-state index is 0.110. The third-order valence-corrected chi connectivity index (χ3v) is 3.28. The van der Waals surface area contributed by atoms with Crippen molar-refractivity contribution in [3.63, 3.8) is 0 Å². The van der Waals surface area contributed by atoms with E-state index in [0.717, 1.165) is 12.0 Å². The summed E-state index contributed by atoms with van der Waals surface area (Å²) in [6, 6.07) is 9.88. The Morgan fingerprint density at radius 1 is 1.17 bits per heavy atom. The molecule has 0 aliphatic carbocycles. The number of nitrogens with zero attached hydrogens (tertiary/aromatic N) is 4. The normalized spacial score (nSPS) is 10.5. The van der Waals surface area contributed by atoms with Crippen molar-refractivity contribution in [2.45, 2.75) is 13.0 Å². The molecule has 2 amide bonds. The van der Waals surface area contributed by atoms with Crippen LogP contribution >= 0.6 is 0 Å². The summed E-state index contributed by atoms with van der Waals surface area (Å²) in [5.41, 5.74) is 12.0. The van der Waals surface area contributed by atoms with Crippen molar-refractivity contribution < 1.29 is 9.59 Å². The SMILES string of the molecule is NCCN(CCc1ccccc1)C(=O)c1cn(CC(N)=O)nn1. The van der Waals surface area contributed by atoms with Crippen molar-refractivity contribution in [1.29, 1.82) is 0 Å². The molecule has 0 unspecified atom stereocenters. The van der Waals surface area contributed by atoms with E-state index in [1.54, 1.807) is 4.90 Å². The van der Waals surface area contributed by atoms with Gasteiger partial charge in [0.2, 0.25) is 5.91 Å². The van der Waals surface area contributed by atoms with E-state index in [1.165, 1.54) is 10.9 Å². The van der Waals surface area contributed by atoms with Crippen molar-refractivity contribution >= 4 is 11.8 Å². The summed E-state index contributed by atoms with van der Waals surface area (Å²) in [6.07, 6.45) is 2.14. The molecule has 0 fully saturated rings. The maximum atomic E-state index is 12.5. The molecular weight excluding hydrogens is 296 g/mol. The number of benzene rings is 1. The van der Waals surface area contributed by atoms with Gasteiger partial charge in [0.15, 0.2) is 5.69 Å². The van der Waals surface area contributed by atoms with Crippen LogP contribution in [0.1, 0.15) is 16.1 Å². The molecule has 1 aromatic heterocycles. The van der Waals surface area contributed by atoms with E-state index in [2.05, 4.69) is 10.3 Å². The number of carbonyl (C=O) groups excluding carboxylic acids is 2. The van der Waals surface area contributed by atoms with Crippen molar-refractivity contribution in [2.24, 2.45) is 11.5 Å². The van der Waals surface area contributed by atoms with Gasteiger partial charge in [0, 0.05) is 19.6 Å². The maximum absolute atomic E-state index is 12.5. The Morgan fingerprint density at radius 2 is 1.91 bits per heavy atom. The molecule has 0 atom stereocenters. The minimum Gasteiger partial charge on any atom is -0.368 e. The minimum atomic E-state index is -0.545. The lowest BCUT2D eigenvalue weighted by atomic mass is 10.1. The smallest absolute Gasteiger partial charge is 0.276 e. The van der Waals surface area contributed by atoms with Crippen LogP contribution in [-0.4, -0.2) is 51.3 Å². The number of rotatable bonds is 8. The molecule has 4 N–H and O–H groups in total. The zero-order valence-corrected chi connectivity index (χ0v) is 12.8. The fraction of sp³-hybridized carbons (Fsp3) is 0.333. The van der Waals surface area contributed by atoms with Crippen molar-refractivity contribution in [3.05, 3.63) is 47.8 Å². The van der Waals surface area contributed by atoms with Gasteiger partial charge in [-0.15, -0.1) is 5.10 Å². The van der Waals surface area contributed by atoms with Crippen LogP contribution in [0.5, 0.6) is 0 Å². The van der Waals surface area contributed by atoms with E-state index in [0.29, 0.717) is 19.6 Å². The summed E-state index contributed by atoms with van der Waals surface area (Å²) < 4.78 is 1.24.